The van der Waals surface area contributed by atoms with E-state index < -0.39 is 29.2 Å². The van der Waals surface area contributed by atoms with Crippen LogP contribution in [-0.4, -0.2) is 35.4 Å². The number of carbonyl (C=O) groups excluding carboxylic acids is 2. The number of rotatable bonds is 4. The van der Waals surface area contributed by atoms with Crippen LogP contribution < -0.4 is 10.6 Å². The van der Waals surface area contributed by atoms with E-state index in [2.05, 4.69) is 15.4 Å². The summed E-state index contributed by atoms with van der Waals surface area (Å²) < 4.78 is 43.7. The molecule has 1 amide bonds. The van der Waals surface area contributed by atoms with E-state index in [0.29, 0.717) is 5.56 Å². The van der Waals surface area contributed by atoms with Gasteiger partial charge in [0.15, 0.2) is 5.11 Å². The van der Waals surface area contributed by atoms with Crippen LogP contribution >= 0.6 is 12.2 Å². The van der Waals surface area contributed by atoms with Crippen LogP contribution in [0.5, 0.6) is 0 Å². The van der Waals surface area contributed by atoms with Gasteiger partial charge in [-0.2, -0.15) is 13.2 Å². The highest BCUT2D eigenvalue weighted by Crippen LogP contribution is 2.40. The molecule has 0 fully saturated rings. The van der Waals surface area contributed by atoms with Crippen LogP contribution in [0.4, 0.5) is 18.9 Å². The third kappa shape index (κ3) is 4.46. The monoisotopic (exact) mass is 412 g/mol. The first-order valence-electron chi connectivity index (χ1n) is 7.75. The molecule has 1 atom stereocenters. The fraction of sp³-hybridized carbons (Fsp3) is 0.167. The third-order valence-corrected chi connectivity index (χ3v) is 3.92. The number of hydrogen-bond acceptors (Lipinski definition) is 5. The lowest BCUT2D eigenvalue weighted by Gasteiger charge is -2.28. The van der Waals surface area contributed by atoms with Crippen LogP contribution in [0.3, 0.4) is 0 Å². The Kier molecular flexibility index (Phi) is 6.37. The topological polar surface area (TPSA) is 87.7 Å². The second-order valence-corrected chi connectivity index (χ2v) is 5.96. The number of esters is 1. The summed E-state index contributed by atoms with van der Waals surface area (Å²) in [5.41, 5.74) is -3.93. The zero-order valence-corrected chi connectivity index (χ0v) is 15.2. The molecule has 0 heterocycles. The predicted molar refractivity (Wildman–Crippen MR) is 98.5 cm³/mol. The molecule has 0 unspecified atom stereocenters. The summed E-state index contributed by atoms with van der Waals surface area (Å²) in [6.07, 6.45) is -5.28. The van der Waals surface area contributed by atoms with E-state index in [0.717, 1.165) is 31.4 Å². The van der Waals surface area contributed by atoms with E-state index in [-0.39, 0.29) is 10.8 Å². The summed E-state index contributed by atoms with van der Waals surface area (Å²) in [6, 6.07) is 12.4. The molecular formula is C18H15F3N2O4S. The molecule has 28 heavy (non-hydrogen) atoms. The second kappa shape index (κ2) is 8.36. The van der Waals surface area contributed by atoms with Crippen LogP contribution in [0, 0.1) is 0 Å². The number of aliphatic hydroxyl groups is 1. The molecular weight excluding hydrogens is 397 g/mol. The first kappa shape index (κ1) is 21.3. The van der Waals surface area contributed by atoms with Crippen molar-refractivity contribution in [3.63, 3.8) is 0 Å². The number of halogens is 3. The Balaban J connectivity index is 2.12. The van der Waals surface area contributed by atoms with Crippen LogP contribution in [0.2, 0.25) is 0 Å². The molecule has 0 saturated carbocycles. The number of alkyl halides is 3. The highest BCUT2D eigenvalue weighted by molar-refractivity contribution is 7.80. The van der Waals surface area contributed by atoms with E-state index >= 15 is 0 Å². The third-order valence-electron chi connectivity index (χ3n) is 3.71. The molecule has 0 aliphatic rings. The molecule has 2 aromatic rings. The van der Waals surface area contributed by atoms with Gasteiger partial charge in [-0.25, -0.2) is 4.79 Å². The van der Waals surface area contributed by atoms with Gasteiger partial charge in [0, 0.05) is 16.8 Å². The van der Waals surface area contributed by atoms with E-state index in [1.807, 2.05) is 0 Å². The second-order valence-electron chi connectivity index (χ2n) is 5.55. The van der Waals surface area contributed by atoms with Crippen LogP contribution in [0.25, 0.3) is 0 Å². The Morgan fingerprint density at radius 3 is 2.11 bits per heavy atom. The van der Waals surface area contributed by atoms with Gasteiger partial charge in [0.2, 0.25) is 0 Å². The van der Waals surface area contributed by atoms with Gasteiger partial charge in [0.05, 0.1) is 7.11 Å². The van der Waals surface area contributed by atoms with Crippen molar-refractivity contribution in [1.82, 2.24) is 5.32 Å². The highest BCUT2D eigenvalue weighted by atomic mass is 32.1. The zero-order chi connectivity index (χ0) is 20.9. The van der Waals surface area contributed by atoms with Crippen molar-refractivity contribution < 1.29 is 32.6 Å². The first-order chi connectivity index (χ1) is 13.1. The Bertz CT molecular complexity index is 873. The van der Waals surface area contributed by atoms with Crippen molar-refractivity contribution in [2.24, 2.45) is 0 Å². The number of thiocarbonyl (C=S) groups is 1. The Morgan fingerprint density at radius 2 is 1.61 bits per heavy atom. The SMILES string of the molecule is COC(=O)[C@@](O)(c1ccc(NC(=S)NC(=O)c2ccccc2)cc1)C(F)(F)F. The molecule has 0 aromatic heterocycles. The van der Waals surface area contributed by atoms with Gasteiger partial charge in [0.25, 0.3) is 11.5 Å². The summed E-state index contributed by atoms with van der Waals surface area (Å²) in [4.78, 5) is 23.5. The number of anilines is 1. The van der Waals surface area contributed by atoms with Gasteiger partial charge in [-0.3, -0.25) is 10.1 Å². The van der Waals surface area contributed by atoms with E-state index in [9.17, 15) is 27.9 Å². The number of amides is 1. The average molecular weight is 412 g/mol. The lowest BCUT2D eigenvalue weighted by molar-refractivity contribution is -0.266. The van der Waals surface area contributed by atoms with E-state index in [1.54, 1.807) is 30.3 Å². The molecule has 0 saturated heterocycles. The predicted octanol–water partition coefficient (Wildman–Crippen LogP) is 2.74. The van der Waals surface area contributed by atoms with Crippen molar-refractivity contribution in [3.05, 3.63) is 65.7 Å². The van der Waals surface area contributed by atoms with Crippen LogP contribution in [0.1, 0.15) is 15.9 Å². The molecule has 2 rings (SSSR count). The van der Waals surface area contributed by atoms with Crippen molar-refractivity contribution in [2.75, 3.05) is 12.4 Å². The van der Waals surface area contributed by atoms with Crippen molar-refractivity contribution in [3.8, 4) is 0 Å². The lowest BCUT2D eigenvalue weighted by atomic mass is 9.93. The Labute approximate surface area is 163 Å². The largest absolute Gasteiger partial charge is 0.466 e. The first-order valence-corrected chi connectivity index (χ1v) is 8.16. The molecule has 0 radical (unpaired) electrons. The Morgan fingerprint density at radius 1 is 1.04 bits per heavy atom. The van der Waals surface area contributed by atoms with Gasteiger partial charge in [0.1, 0.15) is 0 Å². The van der Waals surface area contributed by atoms with Gasteiger partial charge < -0.3 is 15.2 Å². The smallest absolute Gasteiger partial charge is 0.432 e. The molecule has 0 aliphatic heterocycles. The summed E-state index contributed by atoms with van der Waals surface area (Å²) >= 11 is 4.99. The number of nitrogens with one attached hydrogen (secondary N) is 2. The maximum absolute atomic E-state index is 13.2. The minimum Gasteiger partial charge on any atom is -0.466 e. The summed E-state index contributed by atoms with van der Waals surface area (Å²) in [7, 11) is 0.739. The van der Waals surface area contributed by atoms with E-state index in [1.165, 1.54) is 0 Å². The number of ether oxygens (including phenoxy) is 1. The zero-order valence-electron chi connectivity index (χ0n) is 14.4. The molecule has 0 spiro atoms. The van der Waals surface area contributed by atoms with Gasteiger partial charge >= 0.3 is 12.1 Å². The van der Waals surface area contributed by atoms with Gasteiger partial charge in [-0.1, -0.05) is 30.3 Å². The number of methoxy groups -OCH3 is 1. The van der Waals surface area contributed by atoms with E-state index in [4.69, 9.17) is 12.2 Å². The molecule has 3 N–H and O–H groups in total. The number of benzene rings is 2. The molecule has 0 bridgehead atoms. The summed E-state index contributed by atoms with van der Waals surface area (Å²) in [5.74, 6) is -2.32. The number of hydrogen-bond donors (Lipinski definition) is 3. The fourth-order valence-corrected chi connectivity index (χ4v) is 2.48. The van der Waals surface area contributed by atoms with Crippen molar-refractivity contribution in [1.29, 1.82) is 0 Å². The van der Waals surface area contributed by atoms with Crippen LogP contribution in [-0.2, 0) is 15.1 Å². The molecule has 2 aromatic carbocycles. The molecule has 10 heteroatoms. The Hall–Kier alpha value is -2.98. The standard InChI is InChI=1S/C18H15F3N2O4S/c1-27-15(25)17(26,18(19,20)21)12-7-9-13(10-8-12)22-16(28)23-14(24)11-5-3-2-4-6-11/h2-10,26H,1H3,(H2,22,23,24,28)/t17-/m0/s1. The lowest BCUT2D eigenvalue weighted by Crippen LogP contribution is -2.49. The van der Waals surface area contributed by atoms with Crippen molar-refractivity contribution >= 4 is 34.9 Å². The van der Waals surface area contributed by atoms with Gasteiger partial charge in [-0.15, -0.1) is 0 Å². The van der Waals surface area contributed by atoms with Crippen molar-refractivity contribution in [2.45, 2.75) is 11.8 Å². The fourth-order valence-electron chi connectivity index (χ4n) is 2.27. The molecule has 6 nitrogen and oxygen atoms in total. The molecule has 148 valence electrons. The quantitative estimate of drug-likeness (QED) is 0.529. The minimum absolute atomic E-state index is 0.0827. The van der Waals surface area contributed by atoms with Crippen LogP contribution in [0.15, 0.2) is 54.6 Å². The highest BCUT2D eigenvalue weighted by Gasteiger charge is 2.62. The molecule has 0 aliphatic carbocycles. The average Bonchev–Trinajstić information content (AvgIpc) is 2.67. The van der Waals surface area contributed by atoms with Gasteiger partial charge in [-0.05, 0) is 36.5 Å². The minimum atomic E-state index is -5.28. The maximum atomic E-state index is 13.2. The summed E-state index contributed by atoms with van der Waals surface area (Å²) in [6.45, 7) is 0. The summed E-state index contributed by atoms with van der Waals surface area (Å²) in [5, 5.41) is 14.9. The normalized spacial score (nSPS) is 13.2. The number of carbonyl (C=O) groups is 2. The maximum Gasteiger partial charge on any atom is 0.432 e.